The number of nitrogens with two attached hydrogens (primary N) is 1. The van der Waals surface area contributed by atoms with E-state index >= 15 is 0 Å². The van der Waals surface area contributed by atoms with Gasteiger partial charge < -0.3 is 15.4 Å². The lowest BCUT2D eigenvalue weighted by Crippen LogP contribution is -2.26. The number of nitrogens with zero attached hydrogens (tertiary/aromatic N) is 3. The summed E-state index contributed by atoms with van der Waals surface area (Å²) in [6.07, 6.45) is 5.55. The number of ether oxygens (including phenoxy) is 1. The van der Waals surface area contributed by atoms with Gasteiger partial charge in [0.05, 0.1) is 11.2 Å². The van der Waals surface area contributed by atoms with Crippen molar-refractivity contribution >= 4 is 22.5 Å². The molecule has 3 aromatic carbocycles. The fourth-order valence-electron chi connectivity index (χ4n) is 4.42. The molecule has 1 aliphatic rings. The molecule has 6 nitrogen and oxygen atoms in total. The van der Waals surface area contributed by atoms with E-state index in [1.54, 1.807) is 12.5 Å². The van der Waals surface area contributed by atoms with E-state index in [1.807, 2.05) is 59.5 Å². The Morgan fingerprint density at radius 3 is 2.64 bits per heavy atom. The highest BCUT2D eigenvalue weighted by molar-refractivity contribution is 6.00. The van der Waals surface area contributed by atoms with E-state index in [2.05, 4.69) is 22.6 Å². The molecule has 1 atom stereocenters. The van der Waals surface area contributed by atoms with Gasteiger partial charge in [0.25, 0.3) is 0 Å². The molecule has 0 saturated carbocycles. The number of hydrogen-bond acceptors (Lipinski definition) is 5. The maximum Gasteiger partial charge on any atom is 0.245 e. The molecular weight excluding hydrogens is 412 g/mol. The molecule has 2 heterocycles. The molecule has 1 unspecified atom stereocenters. The van der Waals surface area contributed by atoms with Crippen molar-refractivity contribution in [1.82, 2.24) is 14.9 Å². The molecule has 33 heavy (non-hydrogen) atoms. The van der Waals surface area contributed by atoms with Gasteiger partial charge in [-0.2, -0.15) is 0 Å². The molecule has 1 aliphatic heterocycles. The van der Waals surface area contributed by atoms with Crippen LogP contribution in [-0.2, 0) is 4.79 Å². The van der Waals surface area contributed by atoms with Crippen molar-refractivity contribution in [1.29, 1.82) is 0 Å². The highest BCUT2D eigenvalue weighted by Crippen LogP contribution is 2.40. The standard InChI is InChI=1S/C27H24N4O2/c1-2-25(32)31-13-12-19(16-31)23-14-22(26(28)24-15-29-17-30-27(23)24)18-8-10-21(11-9-18)33-20-6-4-3-5-7-20/h2-11,14-15,17,19H,1,12-13,16,28H2. The summed E-state index contributed by atoms with van der Waals surface area (Å²) < 4.78 is 5.92. The van der Waals surface area contributed by atoms with Gasteiger partial charge >= 0.3 is 0 Å². The van der Waals surface area contributed by atoms with Crippen LogP contribution >= 0.6 is 0 Å². The number of nitrogen functional groups attached to an aromatic ring is 1. The first kappa shape index (κ1) is 20.7. The van der Waals surface area contributed by atoms with Gasteiger partial charge in [-0.15, -0.1) is 0 Å². The van der Waals surface area contributed by atoms with Crippen LogP contribution in [0.3, 0.4) is 0 Å². The monoisotopic (exact) mass is 436 g/mol. The number of para-hydroxylation sites is 1. The predicted octanol–water partition coefficient (Wildman–Crippen LogP) is 5.17. The van der Waals surface area contributed by atoms with Crippen molar-refractivity contribution < 1.29 is 9.53 Å². The number of aromatic nitrogens is 2. The first-order chi connectivity index (χ1) is 16.1. The zero-order valence-corrected chi connectivity index (χ0v) is 18.1. The third-order valence-corrected chi connectivity index (χ3v) is 6.12. The second-order valence-corrected chi connectivity index (χ2v) is 8.13. The minimum atomic E-state index is -0.0406. The van der Waals surface area contributed by atoms with Crippen LogP contribution in [0.15, 0.2) is 85.8 Å². The molecule has 1 aromatic heterocycles. The number of hydrogen-bond donors (Lipinski definition) is 1. The third-order valence-electron chi connectivity index (χ3n) is 6.12. The minimum Gasteiger partial charge on any atom is -0.457 e. The second kappa shape index (κ2) is 8.74. The van der Waals surface area contributed by atoms with Crippen LogP contribution in [0.1, 0.15) is 17.9 Å². The van der Waals surface area contributed by atoms with Gasteiger partial charge in [-0.3, -0.25) is 4.79 Å². The maximum atomic E-state index is 12.1. The Kier molecular flexibility index (Phi) is 5.48. The highest BCUT2D eigenvalue weighted by Gasteiger charge is 2.28. The minimum absolute atomic E-state index is 0.0406. The normalized spacial score (nSPS) is 15.5. The van der Waals surface area contributed by atoms with Crippen LogP contribution in [0.25, 0.3) is 22.0 Å². The maximum absolute atomic E-state index is 12.1. The van der Waals surface area contributed by atoms with E-state index in [4.69, 9.17) is 10.5 Å². The number of benzene rings is 3. The Balaban J connectivity index is 1.52. The van der Waals surface area contributed by atoms with E-state index in [0.717, 1.165) is 45.5 Å². The summed E-state index contributed by atoms with van der Waals surface area (Å²) in [5.74, 6) is 1.67. The molecule has 0 bridgehead atoms. The van der Waals surface area contributed by atoms with Crippen molar-refractivity contribution in [2.75, 3.05) is 18.8 Å². The fourth-order valence-corrected chi connectivity index (χ4v) is 4.42. The number of rotatable bonds is 5. The summed E-state index contributed by atoms with van der Waals surface area (Å²) in [5, 5.41) is 0.822. The molecule has 1 amide bonds. The summed E-state index contributed by atoms with van der Waals surface area (Å²) in [7, 11) is 0. The second-order valence-electron chi connectivity index (χ2n) is 8.13. The quantitative estimate of drug-likeness (QED) is 0.345. The van der Waals surface area contributed by atoms with E-state index in [9.17, 15) is 4.79 Å². The van der Waals surface area contributed by atoms with Gasteiger partial charge in [0.15, 0.2) is 0 Å². The SMILES string of the molecule is C=CC(=O)N1CCC(c2cc(-c3ccc(Oc4ccccc4)cc3)c(N)c3cncnc23)C1. The van der Waals surface area contributed by atoms with E-state index in [-0.39, 0.29) is 11.8 Å². The molecule has 1 fully saturated rings. The van der Waals surface area contributed by atoms with Gasteiger partial charge in [-0.05, 0) is 54.0 Å². The Morgan fingerprint density at radius 2 is 1.88 bits per heavy atom. The van der Waals surface area contributed by atoms with Crippen LogP contribution in [0.2, 0.25) is 0 Å². The lowest BCUT2D eigenvalue weighted by atomic mass is 9.90. The predicted molar refractivity (Wildman–Crippen MR) is 130 cm³/mol. The van der Waals surface area contributed by atoms with Crippen molar-refractivity contribution in [3.63, 3.8) is 0 Å². The molecule has 0 aliphatic carbocycles. The summed E-state index contributed by atoms with van der Waals surface area (Å²) in [4.78, 5) is 22.7. The van der Waals surface area contributed by atoms with Crippen LogP contribution in [0.4, 0.5) is 5.69 Å². The highest BCUT2D eigenvalue weighted by atomic mass is 16.5. The van der Waals surface area contributed by atoms with Gasteiger partial charge in [-0.25, -0.2) is 9.97 Å². The number of fused-ring (bicyclic) bond motifs is 1. The zero-order chi connectivity index (χ0) is 22.8. The summed E-state index contributed by atoms with van der Waals surface area (Å²) in [6, 6.07) is 19.7. The average Bonchev–Trinajstić information content (AvgIpc) is 3.35. The van der Waals surface area contributed by atoms with E-state index < -0.39 is 0 Å². The molecule has 6 heteroatoms. The Morgan fingerprint density at radius 1 is 1.12 bits per heavy atom. The van der Waals surface area contributed by atoms with Crippen LogP contribution in [0, 0.1) is 0 Å². The van der Waals surface area contributed by atoms with Crippen LogP contribution in [-0.4, -0.2) is 33.9 Å². The average molecular weight is 437 g/mol. The van der Waals surface area contributed by atoms with Crippen LogP contribution < -0.4 is 10.5 Å². The molecule has 0 spiro atoms. The van der Waals surface area contributed by atoms with Crippen molar-refractivity contribution in [3.8, 4) is 22.6 Å². The van der Waals surface area contributed by atoms with Crippen molar-refractivity contribution in [2.45, 2.75) is 12.3 Å². The van der Waals surface area contributed by atoms with Gasteiger partial charge in [0.2, 0.25) is 5.91 Å². The number of carbonyl (C=O) groups excluding carboxylic acids is 1. The van der Waals surface area contributed by atoms with Gasteiger partial charge in [-0.1, -0.05) is 36.9 Å². The molecule has 5 rings (SSSR count). The number of carbonyl (C=O) groups is 1. The molecule has 2 N–H and O–H groups in total. The smallest absolute Gasteiger partial charge is 0.245 e. The summed E-state index contributed by atoms with van der Waals surface area (Å²) in [5.41, 5.74) is 11.1. The van der Waals surface area contributed by atoms with Crippen molar-refractivity contribution in [3.05, 3.63) is 91.4 Å². The molecule has 1 saturated heterocycles. The summed E-state index contributed by atoms with van der Waals surface area (Å²) in [6.45, 7) is 4.95. The van der Waals surface area contributed by atoms with E-state index in [1.165, 1.54) is 6.08 Å². The van der Waals surface area contributed by atoms with E-state index in [0.29, 0.717) is 18.8 Å². The third kappa shape index (κ3) is 4.03. The number of amides is 1. The Hall–Kier alpha value is -4.19. The Bertz CT molecular complexity index is 1320. The largest absolute Gasteiger partial charge is 0.457 e. The number of anilines is 1. The fraction of sp³-hybridized carbons (Fsp3) is 0.148. The van der Waals surface area contributed by atoms with Crippen LogP contribution in [0.5, 0.6) is 11.5 Å². The van der Waals surface area contributed by atoms with Gasteiger partial charge in [0.1, 0.15) is 17.8 Å². The Labute approximate surface area is 192 Å². The molecular formula is C27H24N4O2. The molecule has 0 radical (unpaired) electrons. The first-order valence-electron chi connectivity index (χ1n) is 10.9. The van der Waals surface area contributed by atoms with Gasteiger partial charge in [0, 0.05) is 36.2 Å². The zero-order valence-electron chi connectivity index (χ0n) is 18.1. The lowest BCUT2D eigenvalue weighted by Gasteiger charge is -2.18. The molecule has 4 aromatic rings. The number of likely N-dealkylation sites (tertiary alicyclic amines) is 1. The topological polar surface area (TPSA) is 81.3 Å². The lowest BCUT2D eigenvalue weighted by molar-refractivity contribution is -0.125. The first-order valence-corrected chi connectivity index (χ1v) is 10.9. The summed E-state index contributed by atoms with van der Waals surface area (Å²) >= 11 is 0. The molecule has 164 valence electrons. The van der Waals surface area contributed by atoms with Crippen molar-refractivity contribution in [2.24, 2.45) is 0 Å².